The van der Waals surface area contributed by atoms with Gasteiger partial charge in [0.2, 0.25) is 0 Å². The standard InChI is InChI=1S/C11H19N3/c1-9(2)11(12)8-13-7-10-5-3-4-6-14-10/h3-6,9,11,13H,7-8,12H2,1-2H3. The van der Waals surface area contributed by atoms with E-state index in [1.54, 1.807) is 6.20 Å². The average Bonchev–Trinajstić information content (AvgIpc) is 2.19. The van der Waals surface area contributed by atoms with Gasteiger partial charge in [-0.3, -0.25) is 4.98 Å². The van der Waals surface area contributed by atoms with Gasteiger partial charge in [0.15, 0.2) is 0 Å². The van der Waals surface area contributed by atoms with Gasteiger partial charge < -0.3 is 11.1 Å². The van der Waals surface area contributed by atoms with Crippen molar-refractivity contribution in [3.63, 3.8) is 0 Å². The van der Waals surface area contributed by atoms with Crippen LogP contribution in [0.15, 0.2) is 24.4 Å². The van der Waals surface area contributed by atoms with Crippen molar-refractivity contribution in [1.29, 1.82) is 0 Å². The molecular formula is C11H19N3. The Morgan fingerprint density at radius 3 is 2.79 bits per heavy atom. The Labute approximate surface area is 85.7 Å². The van der Waals surface area contributed by atoms with Crippen molar-refractivity contribution in [3.8, 4) is 0 Å². The Hall–Kier alpha value is -0.930. The molecule has 0 aromatic carbocycles. The van der Waals surface area contributed by atoms with E-state index in [0.29, 0.717) is 5.92 Å². The predicted octanol–water partition coefficient (Wildman–Crippen LogP) is 1.15. The minimum Gasteiger partial charge on any atom is -0.326 e. The molecule has 0 fully saturated rings. The van der Waals surface area contributed by atoms with Crippen molar-refractivity contribution in [1.82, 2.24) is 10.3 Å². The lowest BCUT2D eigenvalue weighted by Gasteiger charge is -2.15. The summed E-state index contributed by atoms with van der Waals surface area (Å²) in [5, 5.41) is 3.30. The van der Waals surface area contributed by atoms with Crippen molar-refractivity contribution >= 4 is 0 Å². The zero-order valence-electron chi connectivity index (χ0n) is 8.90. The lowest BCUT2D eigenvalue weighted by molar-refractivity contribution is 0.457. The van der Waals surface area contributed by atoms with Crippen LogP contribution in [-0.4, -0.2) is 17.6 Å². The monoisotopic (exact) mass is 193 g/mol. The number of nitrogens with two attached hydrogens (primary N) is 1. The molecule has 0 amide bonds. The maximum atomic E-state index is 5.90. The Balaban J connectivity index is 2.22. The van der Waals surface area contributed by atoms with Gasteiger partial charge in [0.25, 0.3) is 0 Å². The molecule has 0 bridgehead atoms. The summed E-state index contributed by atoms with van der Waals surface area (Å²) in [7, 11) is 0. The van der Waals surface area contributed by atoms with Crippen LogP contribution in [0.2, 0.25) is 0 Å². The van der Waals surface area contributed by atoms with Crippen molar-refractivity contribution in [2.75, 3.05) is 6.54 Å². The Kier molecular flexibility index (Phi) is 4.56. The number of pyridine rings is 1. The summed E-state index contributed by atoms with van der Waals surface area (Å²) in [6.07, 6.45) is 1.80. The van der Waals surface area contributed by atoms with Gasteiger partial charge in [-0.2, -0.15) is 0 Å². The Bertz CT molecular complexity index is 246. The van der Waals surface area contributed by atoms with Crippen LogP contribution in [0.5, 0.6) is 0 Å². The highest BCUT2D eigenvalue weighted by atomic mass is 14.9. The van der Waals surface area contributed by atoms with Gasteiger partial charge in [0.05, 0.1) is 5.69 Å². The maximum Gasteiger partial charge on any atom is 0.0541 e. The van der Waals surface area contributed by atoms with E-state index in [9.17, 15) is 0 Å². The third-order valence-electron chi connectivity index (χ3n) is 2.27. The number of hydrogen-bond donors (Lipinski definition) is 2. The molecule has 1 rings (SSSR count). The number of aromatic nitrogens is 1. The SMILES string of the molecule is CC(C)C(N)CNCc1ccccn1. The predicted molar refractivity (Wildman–Crippen MR) is 58.8 cm³/mol. The minimum atomic E-state index is 0.221. The molecule has 3 N–H and O–H groups in total. The molecular weight excluding hydrogens is 174 g/mol. The molecule has 0 aliphatic heterocycles. The number of rotatable bonds is 5. The summed E-state index contributed by atoms with van der Waals surface area (Å²) in [4.78, 5) is 4.22. The van der Waals surface area contributed by atoms with Crippen molar-refractivity contribution in [2.45, 2.75) is 26.4 Å². The van der Waals surface area contributed by atoms with Gasteiger partial charge in [-0.25, -0.2) is 0 Å². The van der Waals surface area contributed by atoms with E-state index in [1.807, 2.05) is 18.2 Å². The van der Waals surface area contributed by atoms with Crippen LogP contribution in [-0.2, 0) is 6.54 Å². The van der Waals surface area contributed by atoms with E-state index in [1.165, 1.54) is 0 Å². The highest BCUT2D eigenvalue weighted by Crippen LogP contribution is 1.97. The summed E-state index contributed by atoms with van der Waals surface area (Å²) in [5.41, 5.74) is 6.96. The average molecular weight is 193 g/mol. The third-order valence-corrected chi connectivity index (χ3v) is 2.27. The van der Waals surface area contributed by atoms with Crippen LogP contribution in [0, 0.1) is 5.92 Å². The fourth-order valence-corrected chi connectivity index (χ4v) is 1.11. The molecule has 78 valence electrons. The molecule has 1 atom stereocenters. The van der Waals surface area contributed by atoms with E-state index in [2.05, 4.69) is 24.1 Å². The van der Waals surface area contributed by atoms with Gasteiger partial charge in [-0.05, 0) is 18.1 Å². The van der Waals surface area contributed by atoms with Gasteiger partial charge >= 0.3 is 0 Å². The summed E-state index contributed by atoms with van der Waals surface area (Å²) < 4.78 is 0. The minimum absolute atomic E-state index is 0.221. The molecule has 0 spiro atoms. The molecule has 1 aromatic heterocycles. The summed E-state index contributed by atoms with van der Waals surface area (Å²) in [5.74, 6) is 0.520. The van der Waals surface area contributed by atoms with Crippen LogP contribution in [0.1, 0.15) is 19.5 Å². The first-order valence-electron chi connectivity index (χ1n) is 5.06. The quantitative estimate of drug-likeness (QED) is 0.737. The molecule has 0 radical (unpaired) electrons. The van der Waals surface area contributed by atoms with Crippen LogP contribution < -0.4 is 11.1 Å². The summed E-state index contributed by atoms with van der Waals surface area (Å²) >= 11 is 0. The van der Waals surface area contributed by atoms with E-state index >= 15 is 0 Å². The normalized spacial score (nSPS) is 13.1. The fraction of sp³-hybridized carbons (Fsp3) is 0.545. The van der Waals surface area contributed by atoms with Gasteiger partial charge in [-0.1, -0.05) is 19.9 Å². The molecule has 3 heteroatoms. The molecule has 3 nitrogen and oxygen atoms in total. The molecule has 1 aromatic rings. The van der Waals surface area contributed by atoms with Crippen molar-refractivity contribution < 1.29 is 0 Å². The largest absolute Gasteiger partial charge is 0.326 e. The third kappa shape index (κ3) is 3.85. The topological polar surface area (TPSA) is 50.9 Å². The lowest BCUT2D eigenvalue weighted by Crippen LogP contribution is -2.37. The zero-order chi connectivity index (χ0) is 10.4. The second-order valence-electron chi connectivity index (χ2n) is 3.86. The number of nitrogens with one attached hydrogen (secondary N) is 1. The summed E-state index contributed by atoms with van der Waals surface area (Å²) in [6, 6.07) is 6.14. The highest BCUT2D eigenvalue weighted by molar-refractivity contribution is 5.02. The van der Waals surface area contributed by atoms with Crippen LogP contribution in [0.3, 0.4) is 0 Å². The molecule has 0 saturated carbocycles. The molecule has 0 aliphatic carbocycles. The summed E-state index contributed by atoms with van der Waals surface area (Å²) in [6.45, 7) is 5.90. The second kappa shape index (κ2) is 5.73. The maximum absolute atomic E-state index is 5.90. The first kappa shape index (κ1) is 11.1. The highest BCUT2D eigenvalue weighted by Gasteiger charge is 2.05. The number of hydrogen-bond acceptors (Lipinski definition) is 3. The lowest BCUT2D eigenvalue weighted by atomic mass is 10.1. The van der Waals surface area contributed by atoms with Crippen molar-refractivity contribution in [3.05, 3.63) is 30.1 Å². The molecule has 1 unspecified atom stereocenters. The first-order chi connectivity index (χ1) is 6.70. The first-order valence-corrected chi connectivity index (χ1v) is 5.06. The molecule has 1 heterocycles. The molecule has 0 saturated heterocycles. The second-order valence-corrected chi connectivity index (χ2v) is 3.86. The van der Waals surface area contributed by atoms with Crippen LogP contribution in [0.4, 0.5) is 0 Å². The van der Waals surface area contributed by atoms with E-state index in [-0.39, 0.29) is 6.04 Å². The van der Waals surface area contributed by atoms with Crippen molar-refractivity contribution in [2.24, 2.45) is 11.7 Å². The van der Waals surface area contributed by atoms with Gasteiger partial charge in [0, 0.05) is 25.3 Å². The molecule has 14 heavy (non-hydrogen) atoms. The zero-order valence-corrected chi connectivity index (χ0v) is 8.90. The number of nitrogens with zero attached hydrogens (tertiary/aromatic N) is 1. The van der Waals surface area contributed by atoms with E-state index in [4.69, 9.17) is 5.73 Å². The van der Waals surface area contributed by atoms with E-state index < -0.39 is 0 Å². The Morgan fingerprint density at radius 1 is 1.43 bits per heavy atom. The molecule has 0 aliphatic rings. The fourth-order valence-electron chi connectivity index (χ4n) is 1.11. The van der Waals surface area contributed by atoms with Crippen LogP contribution >= 0.6 is 0 Å². The van der Waals surface area contributed by atoms with Gasteiger partial charge in [-0.15, -0.1) is 0 Å². The Morgan fingerprint density at radius 2 is 2.21 bits per heavy atom. The van der Waals surface area contributed by atoms with Crippen LogP contribution in [0.25, 0.3) is 0 Å². The smallest absolute Gasteiger partial charge is 0.0541 e. The van der Waals surface area contributed by atoms with Gasteiger partial charge in [0.1, 0.15) is 0 Å². The van der Waals surface area contributed by atoms with E-state index in [0.717, 1.165) is 18.8 Å².